The van der Waals surface area contributed by atoms with Crippen LogP contribution in [0.5, 0.6) is 0 Å². The van der Waals surface area contributed by atoms with Crippen molar-refractivity contribution in [3.05, 3.63) is 18.5 Å². The first-order valence-corrected chi connectivity index (χ1v) is 7.31. The zero-order chi connectivity index (χ0) is 14.2. The molecule has 120 valence electrons. The van der Waals surface area contributed by atoms with Gasteiger partial charge >= 0.3 is 0 Å². The summed E-state index contributed by atoms with van der Waals surface area (Å²) >= 11 is 0. The Morgan fingerprint density at radius 3 is 3.00 bits per heavy atom. The molecule has 21 heavy (non-hydrogen) atoms. The summed E-state index contributed by atoms with van der Waals surface area (Å²) < 4.78 is 7.54. The standard InChI is InChI=1S/C14H25N5O.HI/c1-12(11-19-7-4-6-18-19)9-16-14(15-2)17-10-13-5-3-8-20-13;/h4,6-7,12-13H,3,5,8-11H2,1-2H3,(H2,15,16,17);1H. The van der Waals surface area contributed by atoms with E-state index in [4.69, 9.17) is 4.74 Å². The molecule has 1 aromatic rings. The molecule has 0 saturated carbocycles. The molecule has 2 heterocycles. The highest BCUT2D eigenvalue weighted by molar-refractivity contribution is 14.0. The van der Waals surface area contributed by atoms with Gasteiger partial charge in [-0.3, -0.25) is 9.67 Å². The Hall–Kier alpha value is -0.830. The second-order valence-electron chi connectivity index (χ2n) is 5.30. The number of ether oxygens (including phenoxy) is 1. The fraction of sp³-hybridized carbons (Fsp3) is 0.714. The third kappa shape index (κ3) is 6.64. The van der Waals surface area contributed by atoms with Crippen molar-refractivity contribution in [3.63, 3.8) is 0 Å². The normalized spacial score (nSPS) is 19.9. The SMILES string of the molecule is CN=C(NCC(C)Cn1cccn1)NCC1CCCO1.I. The fourth-order valence-corrected chi connectivity index (χ4v) is 2.30. The van der Waals surface area contributed by atoms with Crippen molar-refractivity contribution in [2.24, 2.45) is 10.9 Å². The van der Waals surface area contributed by atoms with Crippen LogP contribution in [0.4, 0.5) is 0 Å². The van der Waals surface area contributed by atoms with Crippen LogP contribution in [0.25, 0.3) is 0 Å². The zero-order valence-corrected chi connectivity index (χ0v) is 15.1. The van der Waals surface area contributed by atoms with Crippen LogP contribution in [0.15, 0.2) is 23.5 Å². The van der Waals surface area contributed by atoms with Crippen LogP contribution in [-0.2, 0) is 11.3 Å². The summed E-state index contributed by atoms with van der Waals surface area (Å²) in [6.07, 6.45) is 6.43. The molecular weight excluding hydrogens is 381 g/mol. The molecule has 1 aliphatic rings. The minimum absolute atomic E-state index is 0. The molecule has 0 spiro atoms. The predicted octanol–water partition coefficient (Wildman–Crippen LogP) is 1.48. The molecule has 2 unspecified atom stereocenters. The molecule has 0 radical (unpaired) electrons. The highest BCUT2D eigenvalue weighted by atomic mass is 127. The van der Waals surface area contributed by atoms with E-state index in [0.29, 0.717) is 12.0 Å². The van der Waals surface area contributed by atoms with E-state index in [1.807, 2.05) is 23.1 Å². The molecule has 6 nitrogen and oxygen atoms in total. The third-order valence-electron chi connectivity index (χ3n) is 3.42. The minimum atomic E-state index is 0. The summed E-state index contributed by atoms with van der Waals surface area (Å²) in [7, 11) is 1.79. The van der Waals surface area contributed by atoms with Gasteiger partial charge in [0.05, 0.1) is 6.10 Å². The maximum absolute atomic E-state index is 5.59. The number of guanidine groups is 1. The molecule has 7 heteroatoms. The van der Waals surface area contributed by atoms with Crippen LogP contribution >= 0.6 is 24.0 Å². The van der Waals surface area contributed by atoms with Crippen LogP contribution < -0.4 is 10.6 Å². The maximum atomic E-state index is 5.59. The molecule has 1 saturated heterocycles. The fourth-order valence-electron chi connectivity index (χ4n) is 2.30. The van der Waals surface area contributed by atoms with E-state index in [-0.39, 0.29) is 24.0 Å². The minimum Gasteiger partial charge on any atom is -0.376 e. The molecule has 0 aromatic carbocycles. The number of hydrogen-bond acceptors (Lipinski definition) is 3. The van der Waals surface area contributed by atoms with Crippen molar-refractivity contribution in [2.75, 3.05) is 26.7 Å². The molecule has 0 bridgehead atoms. The number of halogens is 1. The Balaban J connectivity index is 0.00000220. The van der Waals surface area contributed by atoms with E-state index in [1.54, 1.807) is 7.05 Å². The van der Waals surface area contributed by atoms with Crippen molar-refractivity contribution >= 4 is 29.9 Å². The van der Waals surface area contributed by atoms with Gasteiger partial charge in [-0.15, -0.1) is 24.0 Å². The summed E-state index contributed by atoms with van der Waals surface area (Å²) in [5.74, 6) is 1.32. The van der Waals surface area contributed by atoms with E-state index in [1.165, 1.54) is 6.42 Å². The van der Waals surface area contributed by atoms with Crippen molar-refractivity contribution in [2.45, 2.75) is 32.4 Å². The zero-order valence-electron chi connectivity index (χ0n) is 12.8. The molecule has 1 fully saturated rings. The summed E-state index contributed by atoms with van der Waals surface area (Å²) in [4.78, 5) is 4.23. The predicted molar refractivity (Wildman–Crippen MR) is 95.1 cm³/mol. The molecule has 1 aliphatic heterocycles. The Kier molecular flexibility index (Phi) is 8.67. The second kappa shape index (κ2) is 9.99. The Morgan fingerprint density at radius 2 is 2.38 bits per heavy atom. The van der Waals surface area contributed by atoms with Crippen LogP contribution in [0, 0.1) is 5.92 Å². The van der Waals surface area contributed by atoms with Gasteiger partial charge in [-0.05, 0) is 24.8 Å². The summed E-state index contributed by atoms with van der Waals surface area (Å²) in [6.45, 7) is 5.68. The highest BCUT2D eigenvalue weighted by Gasteiger charge is 2.15. The average molecular weight is 407 g/mol. The number of rotatable bonds is 6. The van der Waals surface area contributed by atoms with Gasteiger partial charge in [0.2, 0.25) is 0 Å². The number of aliphatic imine (C=N–C) groups is 1. The van der Waals surface area contributed by atoms with Gasteiger partial charge < -0.3 is 15.4 Å². The lowest BCUT2D eigenvalue weighted by atomic mass is 10.2. The van der Waals surface area contributed by atoms with Gasteiger partial charge in [0.25, 0.3) is 0 Å². The van der Waals surface area contributed by atoms with E-state index in [2.05, 4.69) is 27.6 Å². The van der Waals surface area contributed by atoms with E-state index >= 15 is 0 Å². The van der Waals surface area contributed by atoms with Crippen molar-refractivity contribution in [3.8, 4) is 0 Å². The first-order valence-electron chi connectivity index (χ1n) is 7.31. The molecular formula is C14H26IN5O. The lowest BCUT2D eigenvalue weighted by Gasteiger charge is -2.17. The van der Waals surface area contributed by atoms with E-state index in [0.717, 1.165) is 38.6 Å². The van der Waals surface area contributed by atoms with Crippen LogP contribution in [0.3, 0.4) is 0 Å². The van der Waals surface area contributed by atoms with E-state index in [9.17, 15) is 0 Å². The third-order valence-corrected chi connectivity index (χ3v) is 3.42. The molecule has 1 aromatic heterocycles. The van der Waals surface area contributed by atoms with Gasteiger partial charge in [-0.2, -0.15) is 5.10 Å². The summed E-state index contributed by atoms with van der Waals surface area (Å²) in [5.41, 5.74) is 0. The van der Waals surface area contributed by atoms with Crippen LogP contribution in [0.1, 0.15) is 19.8 Å². The largest absolute Gasteiger partial charge is 0.376 e. The topological polar surface area (TPSA) is 63.5 Å². The highest BCUT2D eigenvalue weighted by Crippen LogP contribution is 2.10. The van der Waals surface area contributed by atoms with Crippen LogP contribution in [0.2, 0.25) is 0 Å². The number of nitrogens with one attached hydrogen (secondary N) is 2. The van der Waals surface area contributed by atoms with Crippen LogP contribution in [-0.4, -0.2) is 48.6 Å². The summed E-state index contributed by atoms with van der Waals surface area (Å²) in [5, 5.41) is 10.9. The maximum Gasteiger partial charge on any atom is 0.191 e. The molecule has 0 amide bonds. The lowest BCUT2D eigenvalue weighted by Crippen LogP contribution is -2.42. The van der Waals surface area contributed by atoms with Gasteiger partial charge in [-0.1, -0.05) is 6.92 Å². The van der Waals surface area contributed by atoms with Crippen molar-refractivity contribution in [1.29, 1.82) is 0 Å². The van der Waals surface area contributed by atoms with Crippen molar-refractivity contribution < 1.29 is 4.74 Å². The lowest BCUT2D eigenvalue weighted by molar-refractivity contribution is 0.114. The smallest absolute Gasteiger partial charge is 0.191 e. The molecule has 2 rings (SSSR count). The Morgan fingerprint density at radius 1 is 1.52 bits per heavy atom. The Bertz CT molecular complexity index is 404. The van der Waals surface area contributed by atoms with Crippen molar-refractivity contribution in [1.82, 2.24) is 20.4 Å². The molecule has 2 N–H and O–H groups in total. The summed E-state index contributed by atoms with van der Waals surface area (Å²) in [6, 6.07) is 1.95. The molecule has 2 atom stereocenters. The van der Waals surface area contributed by atoms with Gasteiger partial charge in [-0.25, -0.2) is 0 Å². The van der Waals surface area contributed by atoms with Gasteiger partial charge in [0.15, 0.2) is 5.96 Å². The quantitative estimate of drug-likeness (QED) is 0.426. The number of hydrogen-bond donors (Lipinski definition) is 2. The first-order chi connectivity index (χ1) is 9.78. The second-order valence-corrected chi connectivity index (χ2v) is 5.30. The van der Waals surface area contributed by atoms with Gasteiger partial charge in [0.1, 0.15) is 0 Å². The van der Waals surface area contributed by atoms with Gasteiger partial charge in [0, 0.05) is 45.7 Å². The first kappa shape index (κ1) is 18.2. The van der Waals surface area contributed by atoms with E-state index < -0.39 is 0 Å². The monoisotopic (exact) mass is 407 g/mol. The number of nitrogens with zero attached hydrogens (tertiary/aromatic N) is 3. The molecule has 0 aliphatic carbocycles. The Labute approximate surface area is 143 Å². The average Bonchev–Trinajstić information content (AvgIpc) is 3.12. The number of aromatic nitrogens is 2.